The first-order valence-electron chi connectivity index (χ1n) is 9.78. The third kappa shape index (κ3) is 3.61. The van der Waals surface area contributed by atoms with Crippen LogP contribution in [0, 0.1) is 6.92 Å². The minimum Gasteiger partial charge on any atom is -0.324 e. The van der Waals surface area contributed by atoms with E-state index in [1.807, 2.05) is 40.6 Å². The van der Waals surface area contributed by atoms with E-state index in [2.05, 4.69) is 25.5 Å². The number of carbonyl (C=O) groups excluding carboxylic acids is 1. The summed E-state index contributed by atoms with van der Waals surface area (Å²) in [5.41, 5.74) is 2.49. The average Bonchev–Trinajstić information content (AvgIpc) is 3.40. The van der Waals surface area contributed by atoms with Gasteiger partial charge >= 0.3 is 6.03 Å². The average molecular weight is 421 g/mol. The van der Waals surface area contributed by atoms with Crippen molar-refractivity contribution in [3.05, 3.63) is 53.6 Å². The van der Waals surface area contributed by atoms with Gasteiger partial charge in [0.05, 0.1) is 5.69 Å². The van der Waals surface area contributed by atoms with Gasteiger partial charge in [-0.15, -0.1) is 21.5 Å². The number of rotatable bonds is 3. The number of hydrogen-bond acceptors (Lipinski definition) is 7. The van der Waals surface area contributed by atoms with E-state index in [0.717, 1.165) is 40.4 Å². The van der Waals surface area contributed by atoms with Gasteiger partial charge in [-0.25, -0.2) is 9.78 Å². The number of amides is 2. The molecule has 5 heterocycles. The minimum atomic E-state index is -0.106. The molecule has 2 amide bonds. The molecule has 5 rings (SSSR count). The Morgan fingerprint density at radius 1 is 1.17 bits per heavy atom. The fraction of sp³-hybridized carbons (Fsp3) is 0.300. The maximum atomic E-state index is 12.5. The third-order valence-electron chi connectivity index (χ3n) is 5.23. The van der Waals surface area contributed by atoms with Crippen molar-refractivity contribution < 1.29 is 4.79 Å². The van der Waals surface area contributed by atoms with Crippen molar-refractivity contribution in [1.29, 1.82) is 0 Å². The van der Waals surface area contributed by atoms with Gasteiger partial charge in [-0.2, -0.15) is 9.61 Å². The lowest BCUT2D eigenvalue weighted by Crippen LogP contribution is -2.40. The molecular formula is C20H20N8OS. The molecule has 10 heteroatoms. The van der Waals surface area contributed by atoms with Gasteiger partial charge in [-0.1, -0.05) is 0 Å². The number of aryl methyl sites for hydroxylation is 1. The second kappa shape index (κ2) is 7.79. The van der Waals surface area contributed by atoms with E-state index in [-0.39, 0.29) is 11.9 Å². The largest absolute Gasteiger partial charge is 0.324 e. The number of carbonyl (C=O) groups is 1. The lowest BCUT2D eigenvalue weighted by molar-refractivity contribution is 0.193. The number of nitrogens with zero attached hydrogens (tertiary/aromatic N) is 7. The Labute approximate surface area is 176 Å². The Morgan fingerprint density at radius 2 is 2.03 bits per heavy atom. The predicted octanol–water partition coefficient (Wildman–Crippen LogP) is 3.36. The maximum Gasteiger partial charge on any atom is 0.323 e. The second-order valence-electron chi connectivity index (χ2n) is 7.26. The van der Waals surface area contributed by atoms with Crippen LogP contribution in [0.15, 0.2) is 42.9 Å². The standard InChI is InChI=1S/C20H20N8OS/c1-13-11-22-19(30-13)23-20(29)27-9-6-14(7-10-27)18-25-24-17-5-4-16(26-28(17)18)15-3-2-8-21-12-15/h2-5,8,11-12,14H,6-7,9-10H2,1H3,(H,22,23,29). The molecule has 0 radical (unpaired) electrons. The number of piperidine rings is 1. The first kappa shape index (κ1) is 18.6. The first-order valence-corrected chi connectivity index (χ1v) is 10.6. The molecule has 0 bridgehead atoms. The van der Waals surface area contributed by atoms with Gasteiger partial charge in [0, 0.05) is 48.0 Å². The van der Waals surface area contributed by atoms with Crippen LogP contribution < -0.4 is 5.32 Å². The van der Waals surface area contributed by atoms with Crippen molar-refractivity contribution in [3.8, 4) is 11.3 Å². The molecule has 152 valence electrons. The fourth-order valence-electron chi connectivity index (χ4n) is 3.65. The highest BCUT2D eigenvalue weighted by Gasteiger charge is 2.27. The Kier molecular flexibility index (Phi) is 4.83. The number of aromatic nitrogens is 6. The first-order chi connectivity index (χ1) is 14.7. The molecule has 0 unspecified atom stereocenters. The summed E-state index contributed by atoms with van der Waals surface area (Å²) in [4.78, 5) is 23.8. The van der Waals surface area contributed by atoms with Crippen molar-refractivity contribution >= 4 is 28.1 Å². The van der Waals surface area contributed by atoms with Gasteiger partial charge in [-0.3, -0.25) is 10.3 Å². The molecule has 0 aliphatic carbocycles. The summed E-state index contributed by atoms with van der Waals surface area (Å²) in [6, 6.07) is 7.61. The summed E-state index contributed by atoms with van der Waals surface area (Å²) in [5, 5.41) is 16.9. The molecule has 0 aromatic carbocycles. The fourth-order valence-corrected chi connectivity index (χ4v) is 4.31. The van der Waals surface area contributed by atoms with Crippen molar-refractivity contribution in [3.63, 3.8) is 0 Å². The highest BCUT2D eigenvalue weighted by Crippen LogP contribution is 2.28. The van der Waals surface area contributed by atoms with Crippen molar-refractivity contribution in [2.24, 2.45) is 0 Å². The van der Waals surface area contributed by atoms with Gasteiger partial charge in [0.2, 0.25) is 0 Å². The Hall–Kier alpha value is -3.40. The van der Waals surface area contributed by atoms with Crippen LogP contribution in [0.25, 0.3) is 16.9 Å². The molecule has 0 saturated carbocycles. The molecule has 1 N–H and O–H groups in total. The van der Waals surface area contributed by atoms with E-state index in [4.69, 9.17) is 5.10 Å². The number of nitrogens with one attached hydrogen (secondary N) is 1. The molecular weight excluding hydrogens is 400 g/mol. The van der Waals surface area contributed by atoms with Crippen molar-refractivity contribution in [2.75, 3.05) is 18.4 Å². The molecule has 1 aliphatic rings. The molecule has 1 saturated heterocycles. The normalized spacial score (nSPS) is 14.9. The zero-order chi connectivity index (χ0) is 20.5. The van der Waals surface area contributed by atoms with Crippen molar-refractivity contribution in [1.82, 2.24) is 34.7 Å². The van der Waals surface area contributed by atoms with Gasteiger partial charge in [0.1, 0.15) is 0 Å². The van der Waals surface area contributed by atoms with Crippen LogP contribution in [0.4, 0.5) is 9.93 Å². The van der Waals surface area contributed by atoms with Crippen LogP contribution in [0.3, 0.4) is 0 Å². The maximum absolute atomic E-state index is 12.5. The monoisotopic (exact) mass is 420 g/mol. The van der Waals surface area contributed by atoms with Crippen LogP contribution in [0.2, 0.25) is 0 Å². The second-order valence-corrected chi connectivity index (χ2v) is 8.49. The summed E-state index contributed by atoms with van der Waals surface area (Å²) in [6.45, 7) is 3.27. The van der Waals surface area contributed by atoms with Crippen LogP contribution in [-0.4, -0.2) is 53.8 Å². The summed E-state index contributed by atoms with van der Waals surface area (Å²) in [6.07, 6.45) is 6.91. The Bertz CT molecular complexity index is 1180. The van der Waals surface area contributed by atoms with E-state index in [9.17, 15) is 4.79 Å². The lowest BCUT2D eigenvalue weighted by Gasteiger charge is -2.30. The molecule has 0 atom stereocenters. The summed E-state index contributed by atoms with van der Waals surface area (Å²) < 4.78 is 1.82. The van der Waals surface area contributed by atoms with Crippen molar-refractivity contribution in [2.45, 2.75) is 25.7 Å². The summed E-state index contributed by atoms with van der Waals surface area (Å²) >= 11 is 1.48. The SMILES string of the molecule is Cc1cnc(NC(=O)N2CCC(c3nnc4ccc(-c5cccnc5)nn34)CC2)s1. The van der Waals surface area contributed by atoms with E-state index < -0.39 is 0 Å². The number of urea groups is 1. The van der Waals surface area contributed by atoms with Crippen LogP contribution in [0.5, 0.6) is 0 Å². The summed E-state index contributed by atoms with van der Waals surface area (Å²) in [7, 11) is 0. The van der Waals surface area contributed by atoms with Gasteiger partial charge < -0.3 is 4.90 Å². The quantitative estimate of drug-likeness (QED) is 0.545. The van der Waals surface area contributed by atoms with Gasteiger partial charge in [0.25, 0.3) is 0 Å². The van der Waals surface area contributed by atoms with E-state index in [0.29, 0.717) is 18.2 Å². The predicted molar refractivity (Wildman–Crippen MR) is 113 cm³/mol. The van der Waals surface area contributed by atoms with Gasteiger partial charge in [-0.05, 0) is 44.0 Å². The molecule has 30 heavy (non-hydrogen) atoms. The molecule has 0 spiro atoms. The Morgan fingerprint density at radius 3 is 2.77 bits per heavy atom. The summed E-state index contributed by atoms with van der Waals surface area (Å²) in [5.74, 6) is 1.04. The third-order valence-corrected chi connectivity index (χ3v) is 6.05. The van der Waals surface area contributed by atoms with Crippen LogP contribution in [-0.2, 0) is 0 Å². The number of hydrogen-bond donors (Lipinski definition) is 1. The molecule has 4 aromatic rings. The zero-order valence-corrected chi connectivity index (χ0v) is 17.2. The molecule has 1 fully saturated rings. The van der Waals surface area contributed by atoms with Gasteiger partial charge in [0.15, 0.2) is 16.6 Å². The highest BCUT2D eigenvalue weighted by molar-refractivity contribution is 7.15. The number of fused-ring (bicyclic) bond motifs is 1. The molecule has 9 nitrogen and oxygen atoms in total. The van der Waals surface area contributed by atoms with E-state index in [1.165, 1.54) is 11.3 Å². The van der Waals surface area contributed by atoms with Crippen LogP contribution in [0.1, 0.15) is 29.5 Å². The van der Waals surface area contributed by atoms with E-state index in [1.54, 1.807) is 18.6 Å². The highest BCUT2D eigenvalue weighted by atomic mass is 32.1. The smallest absolute Gasteiger partial charge is 0.323 e. The Balaban J connectivity index is 1.30. The number of thiazole rings is 1. The van der Waals surface area contributed by atoms with E-state index >= 15 is 0 Å². The number of anilines is 1. The van der Waals surface area contributed by atoms with Crippen LogP contribution >= 0.6 is 11.3 Å². The lowest BCUT2D eigenvalue weighted by atomic mass is 9.96. The number of likely N-dealkylation sites (tertiary alicyclic amines) is 1. The number of pyridine rings is 1. The topological polar surface area (TPSA) is 101 Å². The zero-order valence-electron chi connectivity index (χ0n) is 16.4. The molecule has 4 aromatic heterocycles. The minimum absolute atomic E-state index is 0.106. The molecule has 1 aliphatic heterocycles.